The fourth-order valence-electron chi connectivity index (χ4n) is 5.71. The molecule has 316 valence electrons. The first-order chi connectivity index (χ1) is 26.9. The maximum absolute atomic E-state index is 12.6. The van der Waals surface area contributed by atoms with Crippen molar-refractivity contribution in [2.45, 2.75) is 116 Å². The van der Waals surface area contributed by atoms with Gasteiger partial charge in [-0.3, -0.25) is 33.6 Å². The first kappa shape index (κ1) is 46.0. The topological polar surface area (TPSA) is 259 Å². The van der Waals surface area contributed by atoms with Gasteiger partial charge in [-0.15, -0.1) is 0 Å². The minimum Gasteiger partial charge on any atom is -0.463 e. The normalized spacial score (nSPS) is 26.7. The lowest BCUT2D eigenvalue weighted by atomic mass is 9.96. The van der Waals surface area contributed by atoms with E-state index in [2.05, 4.69) is 5.32 Å². The highest BCUT2D eigenvalue weighted by Gasteiger charge is 2.57. The molecule has 1 N–H and O–H groups in total. The quantitative estimate of drug-likeness (QED) is 0.128. The molecular weight excluding hydrogens is 766 g/mol. The number of carbonyl (C=O) groups excluding carboxylic acids is 8. The summed E-state index contributed by atoms with van der Waals surface area (Å²) in [7, 11) is 0. The Morgan fingerprint density at radius 1 is 0.526 bits per heavy atom. The van der Waals surface area contributed by atoms with Crippen LogP contribution in [-0.2, 0) is 97.0 Å². The van der Waals surface area contributed by atoms with Gasteiger partial charge in [0.25, 0.3) is 0 Å². The molecule has 2 aliphatic rings. The molecule has 2 fully saturated rings. The van der Waals surface area contributed by atoms with Gasteiger partial charge in [-0.1, -0.05) is 30.3 Å². The molecule has 0 aromatic heterocycles. The third kappa shape index (κ3) is 15.2. The van der Waals surface area contributed by atoms with Gasteiger partial charge in [0.1, 0.15) is 38.1 Å². The largest absolute Gasteiger partial charge is 0.463 e. The Morgan fingerprint density at radius 2 is 0.965 bits per heavy atom. The molecule has 2 saturated heterocycles. The first-order valence-corrected chi connectivity index (χ1v) is 17.6. The van der Waals surface area contributed by atoms with E-state index in [0.29, 0.717) is 0 Å². The van der Waals surface area contributed by atoms with Crippen LogP contribution in [0, 0.1) is 0 Å². The smallest absolute Gasteiger partial charge is 0.407 e. The molecule has 5 unspecified atom stereocenters. The predicted octanol–water partition coefficient (Wildman–Crippen LogP) is 0.549. The second kappa shape index (κ2) is 22.4. The van der Waals surface area contributed by atoms with Crippen LogP contribution < -0.4 is 5.32 Å². The molecule has 1 aromatic rings. The van der Waals surface area contributed by atoms with Gasteiger partial charge in [0.2, 0.25) is 0 Å². The van der Waals surface area contributed by atoms with Crippen LogP contribution in [0.2, 0.25) is 0 Å². The summed E-state index contributed by atoms with van der Waals surface area (Å²) in [6.07, 6.45) is -16.8. The molecule has 0 spiro atoms. The second-order valence-corrected chi connectivity index (χ2v) is 12.5. The molecule has 1 amide bonds. The van der Waals surface area contributed by atoms with Crippen LogP contribution in [0.25, 0.3) is 0 Å². The van der Waals surface area contributed by atoms with Crippen LogP contribution in [0.1, 0.15) is 54.0 Å². The van der Waals surface area contributed by atoms with Crippen LogP contribution in [0.4, 0.5) is 4.79 Å². The third-order valence-electron chi connectivity index (χ3n) is 7.75. The van der Waals surface area contributed by atoms with Gasteiger partial charge >= 0.3 is 47.9 Å². The Kier molecular flexibility index (Phi) is 18.1. The van der Waals surface area contributed by atoms with E-state index >= 15 is 0 Å². The van der Waals surface area contributed by atoms with Crippen molar-refractivity contribution in [3.05, 3.63) is 35.9 Å². The van der Waals surface area contributed by atoms with E-state index in [1.54, 1.807) is 24.3 Å². The Balaban J connectivity index is 1.98. The maximum Gasteiger partial charge on any atom is 0.407 e. The minimum atomic E-state index is -1.83. The molecular formula is C36H47NO20. The number of nitrogens with one attached hydrogen (secondary N) is 1. The summed E-state index contributed by atoms with van der Waals surface area (Å²) < 4.78 is 67.3. The SMILES string of the molecule is CC(=O)OC[C@H]1OC(O[C@H]2C(OC(C)=O)[C@@H](OC(C)=O)C(OCCNC(=O)OCc3ccccc3)O[C@@H]2COC(C)=O)[C@H](OC(C)=O)C(OC(C)=O)C1OC(C)=O. The fraction of sp³-hybridized carbons (Fsp3) is 0.611. The zero-order valence-electron chi connectivity index (χ0n) is 32.4. The van der Waals surface area contributed by atoms with E-state index in [-0.39, 0.29) is 19.8 Å². The highest BCUT2D eigenvalue weighted by Crippen LogP contribution is 2.35. The number of alkyl carbamates (subject to hydrolysis) is 1. The summed E-state index contributed by atoms with van der Waals surface area (Å²) in [5, 5.41) is 2.50. The molecule has 57 heavy (non-hydrogen) atoms. The first-order valence-electron chi connectivity index (χ1n) is 17.6. The molecule has 2 aliphatic heterocycles. The van der Waals surface area contributed by atoms with Crippen LogP contribution in [0.3, 0.4) is 0 Å². The monoisotopic (exact) mass is 813 g/mol. The lowest BCUT2D eigenvalue weighted by molar-refractivity contribution is -0.361. The van der Waals surface area contributed by atoms with Gasteiger partial charge in [-0.05, 0) is 5.56 Å². The van der Waals surface area contributed by atoms with Crippen molar-refractivity contribution in [2.75, 3.05) is 26.4 Å². The average molecular weight is 814 g/mol. The van der Waals surface area contributed by atoms with Crippen molar-refractivity contribution in [3.8, 4) is 0 Å². The Hall–Kier alpha value is -5.38. The number of rotatable bonds is 17. The van der Waals surface area contributed by atoms with Crippen LogP contribution in [0.5, 0.6) is 0 Å². The zero-order chi connectivity index (χ0) is 42.2. The molecule has 0 radical (unpaired) electrons. The van der Waals surface area contributed by atoms with Crippen LogP contribution >= 0.6 is 0 Å². The number of amides is 1. The number of carbonyl (C=O) groups is 8. The van der Waals surface area contributed by atoms with Gasteiger partial charge in [0, 0.05) is 55.0 Å². The predicted molar refractivity (Wildman–Crippen MR) is 184 cm³/mol. The summed E-state index contributed by atoms with van der Waals surface area (Å²) in [5.41, 5.74) is 0.750. The van der Waals surface area contributed by atoms with Crippen LogP contribution in [-0.4, -0.2) is 136 Å². The number of ether oxygens (including phenoxy) is 12. The van der Waals surface area contributed by atoms with Crippen molar-refractivity contribution in [2.24, 2.45) is 0 Å². The van der Waals surface area contributed by atoms with E-state index in [4.69, 9.17) is 56.8 Å². The van der Waals surface area contributed by atoms with E-state index in [0.717, 1.165) is 54.0 Å². The van der Waals surface area contributed by atoms with Crippen molar-refractivity contribution < 1.29 is 95.2 Å². The van der Waals surface area contributed by atoms with E-state index < -0.39 is 123 Å². The highest BCUT2D eigenvalue weighted by molar-refractivity contribution is 5.69. The Bertz CT molecular complexity index is 1570. The number of esters is 7. The number of benzene rings is 1. The molecule has 21 heteroatoms. The molecule has 3 rings (SSSR count). The summed E-state index contributed by atoms with van der Waals surface area (Å²) in [5.74, 6) is -6.07. The molecule has 10 atom stereocenters. The molecule has 0 bridgehead atoms. The lowest BCUT2D eigenvalue weighted by Gasteiger charge is -2.48. The van der Waals surface area contributed by atoms with Gasteiger partial charge in [0.05, 0.1) is 6.61 Å². The molecule has 21 nitrogen and oxygen atoms in total. The summed E-state index contributed by atoms with van der Waals surface area (Å²) >= 11 is 0. The molecule has 0 aliphatic carbocycles. The maximum atomic E-state index is 12.6. The van der Waals surface area contributed by atoms with Crippen molar-refractivity contribution in [1.29, 1.82) is 0 Å². The molecule has 0 saturated carbocycles. The van der Waals surface area contributed by atoms with Gasteiger partial charge in [0.15, 0.2) is 43.1 Å². The van der Waals surface area contributed by atoms with E-state index in [1.165, 1.54) is 0 Å². The highest BCUT2D eigenvalue weighted by atomic mass is 16.8. The summed E-state index contributed by atoms with van der Waals surface area (Å²) in [6.45, 7) is 5.74. The van der Waals surface area contributed by atoms with E-state index in [9.17, 15) is 38.4 Å². The summed E-state index contributed by atoms with van der Waals surface area (Å²) in [6, 6.07) is 8.91. The van der Waals surface area contributed by atoms with Gasteiger partial charge in [-0.2, -0.15) is 0 Å². The third-order valence-corrected chi connectivity index (χ3v) is 7.75. The number of hydrogen-bond donors (Lipinski definition) is 1. The van der Waals surface area contributed by atoms with E-state index in [1.807, 2.05) is 6.07 Å². The second-order valence-electron chi connectivity index (χ2n) is 12.5. The van der Waals surface area contributed by atoms with Crippen molar-refractivity contribution in [3.63, 3.8) is 0 Å². The Morgan fingerprint density at radius 3 is 1.47 bits per heavy atom. The van der Waals surface area contributed by atoms with Crippen molar-refractivity contribution in [1.82, 2.24) is 5.32 Å². The fourth-order valence-corrected chi connectivity index (χ4v) is 5.71. The zero-order valence-corrected chi connectivity index (χ0v) is 32.4. The van der Waals surface area contributed by atoms with Crippen LogP contribution in [0.15, 0.2) is 30.3 Å². The minimum absolute atomic E-state index is 0.00335. The average Bonchev–Trinajstić information content (AvgIpc) is 3.11. The number of hydrogen-bond acceptors (Lipinski definition) is 20. The standard InChI is InChI=1S/C36H47NO20/c1-18(38)47-16-26-28(50-20(3)40)30(51-21(4)41)33(54-24(7)44)35(56-26)57-29-27(17-48-19(2)39)55-34(32(53-23(6)43)31(29)52-22(5)42)46-14-13-37-36(45)49-15-25-11-9-8-10-12-25/h8-12,26-35H,13-17H2,1-7H3,(H,37,45)/t26-,27-,28?,29-,30?,31?,32-,33-,34?,35?/m1/s1. The Labute approximate surface area is 327 Å². The molecule has 1 aromatic carbocycles. The van der Waals surface area contributed by atoms with Gasteiger partial charge in [-0.25, -0.2) is 4.79 Å². The summed E-state index contributed by atoms with van der Waals surface area (Å²) in [4.78, 5) is 98.1. The van der Waals surface area contributed by atoms with Crippen molar-refractivity contribution >= 4 is 47.9 Å². The molecule has 2 heterocycles. The lowest BCUT2D eigenvalue weighted by Crippen LogP contribution is -2.67. The van der Waals surface area contributed by atoms with Gasteiger partial charge < -0.3 is 62.2 Å².